The third-order valence-electron chi connectivity index (χ3n) is 3.04. The molecule has 1 aliphatic heterocycles. The normalized spacial score (nSPS) is 17.8. The van der Waals surface area contributed by atoms with Crippen LogP contribution in [0.4, 0.5) is 0 Å². The number of likely N-dealkylation sites (tertiary alicyclic amines) is 1. The molecule has 0 radical (unpaired) electrons. The van der Waals surface area contributed by atoms with Crippen molar-refractivity contribution in [2.24, 2.45) is 10.9 Å². The first-order chi connectivity index (χ1) is 8.22. The van der Waals surface area contributed by atoms with Gasteiger partial charge in [-0.15, -0.1) is 0 Å². The number of guanidine groups is 1. The Morgan fingerprint density at radius 2 is 1.94 bits per heavy atom. The van der Waals surface area contributed by atoms with E-state index in [-0.39, 0.29) is 0 Å². The van der Waals surface area contributed by atoms with Gasteiger partial charge in [0, 0.05) is 20.1 Å². The maximum absolute atomic E-state index is 4.21. The minimum Gasteiger partial charge on any atom is -0.356 e. The van der Waals surface area contributed by atoms with Crippen molar-refractivity contribution in [2.45, 2.75) is 33.1 Å². The molecule has 1 fully saturated rings. The maximum Gasteiger partial charge on any atom is 0.190 e. The second-order valence-electron chi connectivity index (χ2n) is 5.18. The molecule has 1 saturated heterocycles. The highest BCUT2D eigenvalue weighted by molar-refractivity contribution is 5.79. The lowest BCUT2D eigenvalue weighted by atomic mass is 10.2. The van der Waals surface area contributed by atoms with Gasteiger partial charge in [-0.1, -0.05) is 13.8 Å². The van der Waals surface area contributed by atoms with E-state index in [2.05, 4.69) is 34.4 Å². The summed E-state index contributed by atoms with van der Waals surface area (Å²) < 4.78 is 0. The van der Waals surface area contributed by atoms with Gasteiger partial charge in [-0.2, -0.15) is 0 Å². The molecule has 0 saturated carbocycles. The fraction of sp³-hybridized carbons (Fsp3) is 0.923. The zero-order valence-corrected chi connectivity index (χ0v) is 11.6. The molecule has 4 nitrogen and oxygen atoms in total. The summed E-state index contributed by atoms with van der Waals surface area (Å²) in [5, 5.41) is 6.68. The molecule has 0 atom stereocenters. The predicted octanol–water partition coefficient (Wildman–Crippen LogP) is 1.29. The summed E-state index contributed by atoms with van der Waals surface area (Å²) in [5.74, 6) is 1.58. The Kier molecular flexibility index (Phi) is 7.01. The Balaban J connectivity index is 2.02. The Bertz CT molecular complexity index is 219. The topological polar surface area (TPSA) is 39.7 Å². The lowest BCUT2D eigenvalue weighted by molar-refractivity contribution is 0.334. The minimum absolute atomic E-state index is 0.651. The number of aliphatic imine (C=N–C) groups is 1. The fourth-order valence-electron chi connectivity index (χ4n) is 2.04. The average molecular weight is 240 g/mol. The van der Waals surface area contributed by atoms with Gasteiger partial charge in [-0.3, -0.25) is 4.99 Å². The van der Waals surface area contributed by atoms with Crippen LogP contribution in [0.15, 0.2) is 4.99 Å². The van der Waals surface area contributed by atoms with Gasteiger partial charge in [-0.25, -0.2) is 0 Å². The highest BCUT2D eigenvalue weighted by Gasteiger charge is 2.10. The van der Waals surface area contributed by atoms with Crippen LogP contribution in [0.25, 0.3) is 0 Å². The van der Waals surface area contributed by atoms with Crippen molar-refractivity contribution >= 4 is 5.96 Å². The van der Waals surface area contributed by atoms with Gasteiger partial charge in [-0.05, 0) is 44.8 Å². The molecule has 1 aliphatic rings. The number of nitrogens with zero attached hydrogens (tertiary/aromatic N) is 2. The summed E-state index contributed by atoms with van der Waals surface area (Å²) in [4.78, 5) is 6.76. The summed E-state index contributed by atoms with van der Waals surface area (Å²) in [7, 11) is 1.83. The third-order valence-corrected chi connectivity index (χ3v) is 3.04. The standard InChI is InChI=1S/C13H28N4/c1-12(2)11-16-13(14-3)15-7-6-10-17-8-4-5-9-17/h12H,4-11H2,1-3H3,(H2,14,15,16). The maximum atomic E-state index is 4.21. The molecule has 1 rings (SSSR count). The highest BCUT2D eigenvalue weighted by atomic mass is 15.2. The molecule has 0 amide bonds. The number of hydrogen-bond acceptors (Lipinski definition) is 2. The van der Waals surface area contributed by atoms with Crippen molar-refractivity contribution in [3.05, 3.63) is 0 Å². The van der Waals surface area contributed by atoms with E-state index >= 15 is 0 Å². The third kappa shape index (κ3) is 6.51. The van der Waals surface area contributed by atoms with Crippen molar-refractivity contribution < 1.29 is 0 Å². The zero-order chi connectivity index (χ0) is 12.5. The van der Waals surface area contributed by atoms with Crippen LogP contribution in [0.5, 0.6) is 0 Å². The molecule has 1 heterocycles. The van der Waals surface area contributed by atoms with E-state index in [0.29, 0.717) is 5.92 Å². The molecule has 2 N–H and O–H groups in total. The van der Waals surface area contributed by atoms with E-state index in [0.717, 1.165) is 19.0 Å². The monoisotopic (exact) mass is 240 g/mol. The molecule has 0 bridgehead atoms. The first-order valence-electron chi connectivity index (χ1n) is 6.89. The lowest BCUT2D eigenvalue weighted by Crippen LogP contribution is -2.40. The van der Waals surface area contributed by atoms with Crippen LogP contribution in [0.1, 0.15) is 33.1 Å². The van der Waals surface area contributed by atoms with E-state index in [1.165, 1.54) is 38.9 Å². The molecule has 0 unspecified atom stereocenters. The fourth-order valence-corrected chi connectivity index (χ4v) is 2.04. The Morgan fingerprint density at radius 3 is 2.53 bits per heavy atom. The lowest BCUT2D eigenvalue weighted by Gasteiger charge is -2.16. The van der Waals surface area contributed by atoms with Gasteiger partial charge in [0.15, 0.2) is 5.96 Å². The minimum atomic E-state index is 0.651. The van der Waals surface area contributed by atoms with Gasteiger partial charge >= 0.3 is 0 Å². The van der Waals surface area contributed by atoms with Gasteiger partial charge in [0.1, 0.15) is 0 Å². The molecule has 0 aromatic carbocycles. The number of hydrogen-bond donors (Lipinski definition) is 2. The summed E-state index contributed by atoms with van der Waals surface area (Å²) in [6.45, 7) is 10.2. The van der Waals surface area contributed by atoms with E-state index in [1.807, 2.05) is 7.05 Å². The zero-order valence-electron chi connectivity index (χ0n) is 11.6. The quantitative estimate of drug-likeness (QED) is 0.417. The van der Waals surface area contributed by atoms with Crippen LogP contribution in [-0.4, -0.2) is 50.6 Å². The molecular formula is C13H28N4. The molecule has 100 valence electrons. The van der Waals surface area contributed by atoms with Crippen LogP contribution < -0.4 is 10.6 Å². The SMILES string of the molecule is CN=C(NCCCN1CCCC1)NCC(C)C. The summed E-state index contributed by atoms with van der Waals surface area (Å²) in [6, 6.07) is 0. The van der Waals surface area contributed by atoms with Gasteiger partial charge in [0.2, 0.25) is 0 Å². The van der Waals surface area contributed by atoms with Crippen LogP contribution >= 0.6 is 0 Å². The predicted molar refractivity (Wildman–Crippen MR) is 74.5 cm³/mol. The molecule has 0 aromatic rings. The molecule has 0 aliphatic carbocycles. The summed E-state index contributed by atoms with van der Waals surface area (Å²) in [6.07, 6.45) is 3.96. The second-order valence-corrected chi connectivity index (χ2v) is 5.18. The molecule has 17 heavy (non-hydrogen) atoms. The number of rotatable bonds is 6. The molecule has 0 spiro atoms. The van der Waals surface area contributed by atoms with Crippen molar-refractivity contribution in [2.75, 3.05) is 39.8 Å². The van der Waals surface area contributed by atoms with E-state index < -0.39 is 0 Å². The second kappa shape index (κ2) is 8.34. The number of nitrogens with one attached hydrogen (secondary N) is 2. The van der Waals surface area contributed by atoms with Crippen molar-refractivity contribution in [3.63, 3.8) is 0 Å². The smallest absolute Gasteiger partial charge is 0.190 e. The van der Waals surface area contributed by atoms with Gasteiger partial charge in [0.05, 0.1) is 0 Å². The van der Waals surface area contributed by atoms with Crippen molar-refractivity contribution in [3.8, 4) is 0 Å². The first-order valence-corrected chi connectivity index (χ1v) is 6.89. The molecular weight excluding hydrogens is 212 g/mol. The van der Waals surface area contributed by atoms with E-state index in [9.17, 15) is 0 Å². The molecule has 0 aromatic heterocycles. The van der Waals surface area contributed by atoms with Crippen LogP contribution in [-0.2, 0) is 0 Å². The molecule has 4 heteroatoms. The largest absolute Gasteiger partial charge is 0.356 e. The summed E-state index contributed by atoms with van der Waals surface area (Å²) in [5.41, 5.74) is 0. The van der Waals surface area contributed by atoms with Gasteiger partial charge < -0.3 is 15.5 Å². The summed E-state index contributed by atoms with van der Waals surface area (Å²) >= 11 is 0. The Labute approximate surface area is 106 Å². The van der Waals surface area contributed by atoms with E-state index in [1.54, 1.807) is 0 Å². The van der Waals surface area contributed by atoms with Crippen molar-refractivity contribution in [1.29, 1.82) is 0 Å². The van der Waals surface area contributed by atoms with Crippen LogP contribution in [0, 0.1) is 5.92 Å². The van der Waals surface area contributed by atoms with Gasteiger partial charge in [0.25, 0.3) is 0 Å². The Morgan fingerprint density at radius 1 is 1.24 bits per heavy atom. The van der Waals surface area contributed by atoms with Crippen LogP contribution in [0.2, 0.25) is 0 Å². The van der Waals surface area contributed by atoms with Crippen LogP contribution in [0.3, 0.4) is 0 Å². The Hall–Kier alpha value is -0.770. The van der Waals surface area contributed by atoms with E-state index in [4.69, 9.17) is 0 Å². The van der Waals surface area contributed by atoms with Crippen molar-refractivity contribution in [1.82, 2.24) is 15.5 Å². The average Bonchev–Trinajstić information content (AvgIpc) is 2.81. The highest BCUT2D eigenvalue weighted by Crippen LogP contribution is 2.06. The first kappa shape index (κ1) is 14.3.